The van der Waals surface area contributed by atoms with Crippen molar-refractivity contribution < 1.29 is 4.79 Å². The molecule has 2 rings (SSSR count). The third kappa shape index (κ3) is 6.86. The summed E-state index contributed by atoms with van der Waals surface area (Å²) >= 11 is 0. The van der Waals surface area contributed by atoms with Crippen LogP contribution in [-0.2, 0) is 4.79 Å². The van der Waals surface area contributed by atoms with Crippen molar-refractivity contribution in [2.45, 2.75) is 39.0 Å². The molecule has 0 atom stereocenters. The predicted molar refractivity (Wildman–Crippen MR) is 100 cm³/mol. The Morgan fingerprint density at radius 2 is 2.00 bits per heavy atom. The molecule has 0 fully saturated rings. The monoisotopic (exact) mass is 328 g/mol. The Kier molecular flexibility index (Phi) is 7.87. The third-order valence-electron chi connectivity index (χ3n) is 3.91. The molecule has 0 heterocycles. The smallest absolute Gasteiger partial charge is 0.246 e. The topological polar surface area (TPSA) is 65.5 Å². The Balaban J connectivity index is 1.76. The molecule has 0 radical (unpaired) electrons. The van der Waals surface area contributed by atoms with Crippen LogP contribution in [0.5, 0.6) is 0 Å². The maximum atomic E-state index is 12.0. The normalized spacial score (nSPS) is 14.7. The highest BCUT2D eigenvalue weighted by Gasteiger charge is 2.05. The van der Waals surface area contributed by atoms with Gasteiger partial charge in [-0.3, -0.25) is 4.79 Å². The van der Waals surface area contributed by atoms with Crippen molar-refractivity contribution in [1.29, 1.82) is 0 Å². The van der Waals surface area contributed by atoms with Crippen LogP contribution < -0.4 is 16.0 Å². The number of carbonyl (C=O) groups is 1. The van der Waals surface area contributed by atoms with Gasteiger partial charge in [-0.2, -0.15) is 0 Å². The minimum Gasteiger partial charge on any atom is -0.357 e. The molecule has 5 heteroatoms. The molecule has 0 aliphatic heterocycles. The molecule has 0 spiro atoms. The zero-order valence-corrected chi connectivity index (χ0v) is 14.5. The van der Waals surface area contributed by atoms with E-state index in [0.29, 0.717) is 5.96 Å². The lowest BCUT2D eigenvalue weighted by molar-refractivity contribution is -0.114. The largest absolute Gasteiger partial charge is 0.357 e. The molecule has 0 saturated carbocycles. The van der Waals surface area contributed by atoms with Crippen molar-refractivity contribution in [3.8, 4) is 0 Å². The summed E-state index contributed by atoms with van der Waals surface area (Å²) in [5, 5.41) is 9.32. The fraction of sp³-hybridized carbons (Fsp3) is 0.474. The number of hydrogen-bond acceptors (Lipinski definition) is 2. The first-order valence-electron chi connectivity index (χ1n) is 8.83. The van der Waals surface area contributed by atoms with Crippen molar-refractivity contribution in [1.82, 2.24) is 10.6 Å². The van der Waals surface area contributed by atoms with Gasteiger partial charge in [0.05, 0.1) is 0 Å². The Morgan fingerprint density at radius 3 is 2.71 bits per heavy atom. The molecule has 1 aromatic carbocycles. The van der Waals surface area contributed by atoms with Crippen LogP contribution in [0.15, 0.2) is 47.0 Å². The number of guanidine groups is 1. The molecule has 24 heavy (non-hydrogen) atoms. The summed E-state index contributed by atoms with van der Waals surface area (Å²) in [6.07, 6.45) is 8.46. The van der Waals surface area contributed by atoms with E-state index < -0.39 is 0 Å². The molecule has 0 saturated heterocycles. The second kappa shape index (κ2) is 10.5. The molecular weight excluding hydrogens is 300 g/mol. The summed E-state index contributed by atoms with van der Waals surface area (Å²) in [6, 6.07) is 9.43. The highest BCUT2D eigenvalue weighted by molar-refractivity contribution is 5.94. The molecule has 0 unspecified atom stereocenters. The van der Waals surface area contributed by atoms with Crippen molar-refractivity contribution in [3.63, 3.8) is 0 Å². The Hall–Kier alpha value is -2.30. The van der Waals surface area contributed by atoms with Crippen molar-refractivity contribution in [3.05, 3.63) is 42.0 Å². The van der Waals surface area contributed by atoms with Gasteiger partial charge in [0, 0.05) is 18.8 Å². The molecule has 1 amide bonds. The van der Waals surface area contributed by atoms with Gasteiger partial charge < -0.3 is 16.0 Å². The maximum Gasteiger partial charge on any atom is 0.246 e. The van der Waals surface area contributed by atoms with Crippen LogP contribution in [0.1, 0.15) is 39.0 Å². The SMILES string of the molecule is CCNC(=NCC(=O)Nc1ccccc1)NCCC1=CCCCC1. The lowest BCUT2D eigenvalue weighted by Gasteiger charge is -2.15. The number of aliphatic imine (C=N–C) groups is 1. The van der Waals surface area contributed by atoms with Gasteiger partial charge in [-0.15, -0.1) is 0 Å². The van der Waals surface area contributed by atoms with Crippen LogP contribution in [-0.4, -0.2) is 31.5 Å². The van der Waals surface area contributed by atoms with Gasteiger partial charge in [0.1, 0.15) is 6.54 Å². The second-order valence-electron chi connectivity index (χ2n) is 5.89. The van der Waals surface area contributed by atoms with Gasteiger partial charge in [-0.25, -0.2) is 4.99 Å². The molecule has 3 N–H and O–H groups in total. The molecule has 1 aliphatic carbocycles. The summed E-state index contributed by atoms with van der Waals surface area (Å²) in [5.74, 6) is 0.575. The average Bonchev–Trinajstić information content (AvgIpc) is 2.61. The Bertz CT molecular complexity index is 566. The number of benzene rings is 1. The van der Waals surface area contributed by atoms with E-state index in [9.17, 15) is 4.79 Å². The second-order valence-corrected chi connectivity index (χ2v) is 5.89. The summed E-state index contributed by atoms with van der Waals surface area (Å²) in [7, 11) is 0. The van der Waals surface area contributed by atoms with E-state index in [0.717, 1.165) is 25.2 Å². The van der Waals surface area contributed by atoms with E-state index in [1.54, 1.807) is 0 Å². The first-order valence-corrected chi connectivity index (χ1v) is 8.83. The lowest BCUT2D eigenvalue weighted by atomic mass is 9.97. The van der Waals surface area contributed by atoms with E-state index in [4.69, 9.17) is 0 Å². The molecule has 1 aliphatic rings. The van der Waals surface area contributed by atoms with Gasteiger partial charge in [-0.1, -0.05) is 29.8 Å². The zero-order valence-electron chi connectivity index (χ0n) is 14.5. The van der Waals surface area contributed by atoms with Crippen molar-refractivity contribution in [2.24, 2.45) is 4.99 Å². The molecular formula is C19H28N4O. The fourth-order valence-corrected chi connectivity index (χ4v) is 2.69. The Labute approximate surface area is 144 Å². The summed E-state index contributed by atoms with van der Waals surface area (Å²) < 4.78 is 0. The molecule has 1 aromatic rings. The van der Waals surface area contributed by atoms with Crippen LogP contribution in [0.3, 0.4) is 0 Å². The minimum atomic E-state index is -0.117. The molecule has 5 nitrogen and oxygen atoms in total. The third-order valence-corrected chi connectivity index (χ3v) is 3.91. The van der Waals surface area contributed by atoms with Crippen LogP contribution in [0.2, 0.25) is 0 Å². The van der Waals surface area contributed by atoms with Crippen LogP contribution in [0.4, 0.5) is 5.69 Å². The number of rotatable bonds is 7. The van der Waals surface area contributed by atoms with Crippen LogP contribution in [0, 0.1) is 0 Å². The van der Waals surface area contributed by atoms with E-state index in [1.807, 2.05) is 37.3 Å². The standard InChI is InChI=1S/C19H28N4O/c1-2-20-19(21-14-13-16-9-5-3-6-10-16)22-15-18(24)23-17-11-7-4-8-12-17/h4,7-9,11-12H,2-3,5-6,10,13-15H2,1H3,(H,23,24)(H2,20,21,22). The number of para-hydroxylation sites is 1. The van der Waals surface area contributed by atoms with Crippen LogP contribution >= 0.6 is 0 Å². The first-order chi connectivity index (χ1) is 11.8. The fourth-order valence-electron chi connectivity index (χ4n) is 2.69. The van der Waals surface area contributed by atoms with Crippen molar-refractivity contribution in [2.75, 3.05) is 25.0 Å². The number of nitrogens with zero attached hydrogens (tertiary/aromatic N) is 1. The number of nitrogens with one attached hydrogen (secondary N) is 3. The number of carbonyl (C=O) groups excluding carboxylic acids is 1. The molecule has 0 aromatic heterocycles. The molecule has 0 bridgehead atoms. The van der Waals surface area contributed by atoms with Gasteiger partial charge in [0.2, 0.25) is 5.91 Å². The van der Waals surface area contributed by atoms with E-state index >= 15 is 0 Å². The predicted octanol–water partition coefficient (Wildman–Crippen LogP) is 3.07. The van der Waals surface area contributed by atoms with E-state index in [-0.39, 0.29) is 12.5 Å². The number of anilines is 1. The quantitative estimate of drug-likeness (QED) is 0.409. The zero-order chi connectivity index (χ0) is 17.0. The van der Waals surface area contributed by atoms with Gasteiger partial charge in [0.15, 0.2) is 5.96 Å². The van der Waals surface area contributed by atoms with Gasteiger partial charge in [0.25, 0.3) is 0 Å². The highest BCUT2D eigenvalue weighted by Crippen LogP contribution is 2.19. The average molecular weight is 328 g/mol. The highest BCUT2D eigenvalue weighted by atomic mass is 16.1. The number of hydrogen-bond donors (Lipinski definition) is 3. The van der Waals surface area contributed by atoms with Crippen LogP contribution in [0.25, 0.3) is 0 Å². The van der Waals surface area contributed by atoms with E-state index in [2.05, 4.69) is 27.0 Å². The summed E-state index contributed by atoms with van der Waals surface area (Å²) in [4.78, 5) is 16.3. The number of allylic oxidation sites excluding steroid dienone is 1. The summed E-state index contributed by atoms with van der Waals surface area (Å²) in [5.41, 5.74) is 2.33. The molecule has 130 valence electrons. The van der Waals surface area contributed by atoms with E-state index in [1.165, 1.54) is 31.3 Å². The number of amides is 1. The van der Waals surface area contributed by atoms with Crippen molar-refractivity contribution >= 4 is 17.6 Å². The maximum absolute atomic E-state index is 12.0. The Morgan fingerprint density at radius 1 is 1.17 bits per heavy atom. The first kappa shape index (κ1) is 18.0. The van der Waals surface area contributed by atoms with Gasteiger partial charge in [-0.05, 0) is 51.2 Å². The lowest BCUT2D eigenvalue weighted by Crippen LogP contribution is -2.38. The van der Waals surface area contributed by atoms with Gasteiger partial charge >= 0.3 is 0 Å². The summed E-state index contributed by atoms with van der Waals surface area (Å²) in [6.45, 7) is 3.74. The minimum absolute atomic E-state index is 0.104.